The molecule has 0 aromatic heterocycles. The first-order chi connectivity index (χ1) is 25.2. The minimum absolute atomic E-state index is 0.0146. The van der Waals surface area contributed by atoms with E-state index in [0.717, 1.165) is 56.0 Å². The summed E-state index contributed by atoms with van der Waals surface area (Å²) in [5, 5.41) is 28.7. The third-order valence-corrected chi connectivity index (χ3v) is 10.9. The predicted molar refractivity (Wildman–Crippen MR) is 205 cm³/mol. The SMILES string of the molecule is CC[C@H](NC(=O)[C@H](NC(=O)COc1ccc2c(c1)=CC(C1=NSc3ccccc3C=C1)c1c3c(ccc1=2)=C(S)CCC3)c1ccc(O)cc1)C(=O)O. The normalized spacial score (nSPS) is 16.7. The Hall–Kier alpha value is -5.26. The molecule has 3 aliphatic rings. The zero-order valence-electron chi connectivity index (χ0n) is 28.3. The number of carboxylic acid groups (broad SMARTS) is 1. The minimum atomic E-state index is -1.21. The first-order valence-corrected chi connectivity index (χ1v) is 18.4. The van der Waals surface area contributed by atoms with Crippen LogP contribution >= 0.6 is 24.6 Å². The second-order valence-electron chi connectivity index (χ2n) is 12.9. The average molecular weight is 732 g/mol. The number of carbonyl (C=O) groups is 3. The van der Waals surface area contributed by atoms with Crippen LogP contribution in [0, 0.1) is 10.4 Å². The molecule has 2 amide bonds. The van der Waals surface area contributed by atoms with Gasteiger partial charge in [-0.2, -0.15) is 0 Å². The zero-order chi connectivity index (χ0) is 36.4. The van der Waals surface area contributed by atoms with Gasteiger partial charge >= 0.3 is 5.97 Å². The van der Waals surface area contributed by atoms with Crippen LogP contribution < -0.4 is 25.8 Å². The quantitative estimate of drug-likeness (QED) is 0.110. The van der Waals surface area contributed by atoms with Gasteiger partial charge in [0.2, 0.25) is 5.91 Å². The van der Waals surface area contributed by atoms with Gasteiger partial charge in [0.15, 0.2) is 6.61 Å². The average Bonchev–Trinajstić information content (AvgIpc) is 3.37. The summed E-state index contributed by atoms with van der Waals surface area (Å²) in [6.45, 7) is 1.25. The molecule has 264 valence electrons. The van der Waals surface area contributed by atoms with E-state index in [-0.39, 0.29) is 18.1 Å². The molecule has 0 saturated heterocycles. The largest absolute Gasteiger partial charge is 0.508 e. The Labute approximate surface area is 310 Å². The molecule has 9 nitrogen and oxygen atoms in total. The van der Waals surface area contributed by atoms with Gasteiger partial charge in [-0.3, -0.25) is 9.59 Å². The van der Waals surface area contributed by atoms with Crippen molar-refractivity contribution in [1.29, 1.82) is 0 Å². The molecule has 0 bridgehead atoms. The Morgan fingerprint density at radius 3 is 2.52 bits per heavy atom. The van der Waals surface area contributed by atoms with Crippen LogP contribution in [0.2, 0.25) is 0 Å². The molecule has 11 heteroatoms. The lowest BCUT2D eigenvalue weighted by Crippen LogP contribution is -2.47. The van der Waals surface area contributed by atoms with Gasteiger partial charge in [-0.05, 0) is 110 Å². The third-order valence-electron chi connectivity index (χ3n) is 9.59. The summed E-state index contributed by atoms with van der Waals surface area (Å²) in [6.07, 6.45) is 9.56. The number of nitrogens with zero attached hydrogens (tertiary/aromatic N) is 1. The second-order valence-corrected chi connectivity index (χ2v) is 14.3. The summed E-state index contributed by atoms with van der Waals surface area (Å²) in [6, 6.07) is 21.7. The van der Waals surface area contributed by atoms with E-state index in [1.165, 1.54) is 52.6 Å². The van der Waals surface area contributed by atoms with Crippen molar-refractivity contribution in [3.8, 4) is 11.5 Å². The second kappa shape index (κ2) is 15.1. The van der Waals surface area contributed by atoms with E-state index in [1.54, 1.807) is 6.92 Å². The number of allylic oxidation sites excluding steroid dienone is 1. The first kappa shape index (κ1) is 35.2. The summed E-state index contributed by atoms with van der Waals surface area (Å²) in [4.78, 5) is 40.2. The number of nitrogens with one attached hydrogen (secondary N) is 2. The molecule has 0 fully saturated rings. The summed E-state index contributed by atoms with van der Waals surface area (Å²) < 4.78 is 11.0. The molecule has 1 aliphatic heterocycles. The number of carboxylic acids is 1. The molecule has 0 saturated carbocycles. The zero-order valence-corrected chi connectivity index (χ0v) is 30.0. The molecule has 1 heterocycles. The van der Waals surface area contributed by atoms with Crippen molar-refractivity contribution in [3.05, 3.63) is 128 Å². The molecule has 4 N–H and O–H groups in total. The highest BCUT2D eigenvalue weighted by Crippen LogP contribution is 2.35. The molecule has 4 aromatic carbocycles. The number of ether oxygens (including phenoxy) is 1. The maximum Gasteiger partial charge on any atom is 0.326 e. The van der Waals surface area contributed by atoms with Crippen molar-refractivity contribution in [1.82, 2.24) is 10.6 Å². The number of aliphatic carboxylic acids is 1. The Morgan fingerprint density at radius 1 is 0.962 bits per heavy atom. The lowest BCUT2D eigenvalue weighted by Gasteiger charge is -2.25. The summed E-state index contributed by atoms with van der Waals surface area (Å²) >= 11 is 6.34. The standard InChI is InChI=1S/C41H37N3O6S2/c1-2-33(41(48)49)42-40(47)39(24-10-13-26(45)14-11-24)43-37(46)22-50-27-15-16-28-25(20-27)21-32(34-19-12-23-6-3-4-9-36(23)52-44-34)38-30-7-5-8-35(51)29(30)17-18-31(28)38/h3-4,6,9-21,32-33,39,45,51H,2,5,7-8,22H2,1H3,(H,42,47)(H,43,46)(H,48,49)/t32?,33-,39+/m0/s1. The van der Waals surface area contributed by atoms with Crippen molar-refractivity contribution >= 4 is 65.1 Å². The van der Waals surface area contributed by atoms with E-state index in [4.69, 9.17) is 21.8 Å². The fourth-order valence-corrected chi connectivity index (χ4v) is 8.08. The number of phenolic OH excluding ortho intramolecular Hbond substituents is 1. The molecular formula is C41H37N3O6S2. The van der Waals surface area contributed by atoms with Crippen LogP contribution in [-0.4, -0.2) is 46.4 Å². The smallest absolute Gasteiger partial charge is 0.326 e. The van der Waals surface area contributed by atoms with E-state index in [2.05, 4.69) is 53.1 Å². The van der Waals surface area contributed by atoms with Crippen molar-refractivity contribution in [2.75, 3.05) is 6.61 Å². The molecule has 0 spiro atoms. The topological polar surface area (TPSA) is 137 Å². The van der Waals surface area contributed by atoms with Crippen LogP contribution in [0.25, 0.3) is 17.1 Å². The highest BCUT2D eigenvalue weighted by molar-refractivity contribution is 7.98. The lowest BCUT2D eigenvalue weighted by molar-refractivity contribution is -0.142. The number of hydrogen-bond acceptors (Lipinski definition) is 8. The van der Waals surface area contributed by atoms with Gasteiger partial charge in [0.25, 0.3) is 5.91 Å². The lowest BCUT2D eigenvalue weighted by atomic mass is 9.80. The van der Waals surface area contributed by atoms with Crippen LogP contribution in [0.3, 0.4) is 0 Å². The van der Waals surface area contributed by atoms with Crippen molar-refractivity contribution in [3.63, 3.8) is 0 Å². The molecule has 4 aromatic rings. The van der Waals surface area contributed by atoms with E-state index in [1.807, 2.05) is 30.3 Å². The van der Waals surface area contributed by atoms with Gasteiger partial charge in [0.05, 0.1) is 5.71 Å². The van der Waals surface area contributed by atoms with Crippen LogP contribution in [0.5, 0.6) is 11.5 Å². The molecule has 2 aliphatic carbocycles. The number of thiol groups is 1. The number of carbonyl (C=O) groups excluding carboxylic acids is 2. The first-order valence-electron chi connectivity index (χ1n) is 17.2. The molecule has 0 radical (unpaired) electrons. The van der Waals surface area contributed by atoms with Gasteiger partial charge in [-0.15, -0.1) is 12.6 Å². The Bertz CT molecular complexity index is 2370. The van der Waals surface area contributed by atoms with Crippen LogP contribution in [0.1, 0.15) is 60.4 Å². The number of hydrogen-bond donors (Lipinski definition) is 5. The van der Waals surface area contributed by atoms with Crippen molar-refractivity contribution in [2.45, 2.75) is 55.5 Å². The number of aromatic hydroxyl groups is 1. The number of benzene rings is 4. The van der Waals surface area contributed by atoms with E-state index in [0.29, 0.717) is 11.3 Å². The van der Waals surface area contributed by atoms with Gasteiger partial charge < -0.3 is 25.6 Å². The number of fused-ring (bicyclic) bond motifs is 5. The highest BCUT2D eigenvalue weighted by atomic mass is 32.2. The maximum absolute atomic E-state index is 13.2. The molecular weight excluding hydrogens is 695 g/mol. The molecule has 7 rings (SSSR count). The van der Waals surface area contributed by atoms with Crippen molar-refractivity contribution < 1.29 is 29.3 Å². The number of phenols is 1. The predicted octanol–water partition coefficient (Wildman–Crippen LogP) is 5.32. The molecule has 52 heavy (non-hydrogen) atoms. The Kier molecular flexibility index (Phi) is 10.2. The fourth-order valence-electron chi connectivity index (χ4n) is 6.95. The third kappa shape index (κ3) is 7.24. The van der Waals surface area contributed by atoms with Gasteiger partial charge in [0, 0.05) is 22.8 Å². The van der Waals surface area contributed by atoms with Crippen LogP contribution in [0.4, 0.5) is 0 Å². The summed E-state index contributed by atoms with van der Waals surface area (Å²) in [7, 11) is 0. The van der Waals surface area contributed by atoms with E-state index >= 15 is 0 Å². The highest BCUT2D eigenvalue weighted by Gasteiger charge is 2.28. The van der Waals surface area contributed by atoms with Crippen LogP contribution in [-0.2, 0) is 20.8 Å². The van der Waals surface area contributed by atoms with Gasteiger partial charge in [-0.25, -0.2) is 9.19 Å². The number of amides is 2. The van der Waals surface area contributed by atoms with Crippen LogP contribution in [0.15, 0.2) is 94.2 Å². The Balaban J connectivity index is 1.19. The summed E-state index contributed by atoms with van der Waals surface area (Å²) in [5.74, 6) is -2.13. The maximum atomic E-state index is 13.2. The molecule has 1 unspecified atom stereocenters. The van der Waals surface area contributed by atoms with E-state index in [9.17, 15) is 24.6 Å². The van der Waals surface area contributed by atoms with Crippen molar-refractivity contribution in [2.24, 2.45) is 4.40 Å². The molecule has 3 atom stereocenters. The van der Waals surface area contributed by atoms with Gasteiger partial charge in [0.1, 0.15) is 23.6 Å². The fraction of sp³-hybridized carbons (Fsp3) is 0.220. The monoisotopic (exact) mass is 731 g/mol. The summed E-state index contributed by atoms with van der Waals surface area (Å²) in [5.41, 5.74) is 4.98. The van der Waals surface area contributed by atoms with E-state index < -0.39 is 36.5 Å². The Morgan fingerprint density at radius 2 is 1.73 bits per heavy atom. The van der Waals surface area contributed by atoms with Gasteiger partial charge in [-0.1, -0.05) is 67.6 Å². The minimum Gasteiger partial charge on any atom is -0.508 e. The number of rotatable bonds is 10.